The molecule has 114 valence electrons. The number of rotatable bonds is 3. The van der Waals surface area contributed by atoms with Crippen LogP contribution in [0.4, 0.5) is 0 Å². The van der Waals surface area contributed by atoms with Crippen LogP contribution in [0.1, 0.15) is 17.3 Å². The highest BCUT2D eigenvalue weighted by Gasteiger charge is 2.24. The normalized spacial score (nSPS) is 16.4. The Kier molecular flexibility index (Phi) is 5.45. The number of ether oxygens (including phenoxy) is 1. The van der Waals surface area contributed by atoms with Crippen LogP contribution in [0.3, 0.4) is 0 Å². The van der Waals surface area contributed by atoms with E-state index in [1.807, 2.05) is 0 Å². The lowest BCUT2D eigenvalue weighted by atomic mass is 10.2. The van der Waals surface area contributed by atoms with Crippen molar-refractivity contribution in [1.29, 1.82) is 0 Å². The molecule has 1 N–H and O–H groups in total. The maximum absolute atomic E-state index is 12.2. The van der Waals surface area contributed by atoms with Crippen LogP contribution in [-0.2, 0) is 9.53 Å². The monoisotopic (exact) mass is 330 g/mol. The van der Waals surface area contributed by atoms with Gasteiger partial charge in [-0.25, -0.2) is 0 Å². The molecular weight excluding hydrogens is 315 g/mol. The van der Waals surface area contributed by atoms with Crippen LogP contribution in [0.5, 0.6) is 0 Å². The number of carbonyl (C=O) groups excluding carboxylic acids is 2. The van der Waals surface area contributed by atoms with Crippen molar-refractivity contribution >= 4 is 35.0 Å². The average molecular weight is 331 g/mol. The second kappa shape index (κ2) is 7.11. The first-order chi connectivity index (χ1) is 9.99. The number of morpholine rings is 1. The number of nitrogens with one attached hydrogen (secondary N) is 1. The number of nitrogens with zero attached hydrogens (tertiary/aromatic N) is 1. The zero-order chi connectivity index (χ0) is 15.4. The summed E-state index contributed by atoms with van der Waals surface area (Å²) in [6.07, 6.45) is 0. The molecule has 0 aliphatic carbocycles. The Hall–Kier alpha value is -1.30. The lowest BCUT2D eigenvalue weighted by Crippen LogP contribution is -2.50. The minimum atomic E-state index is -0.606. The molecule has 0 bridgehead atoms. The van der Waals surface area contributed by atoms with Gasteiger partial charge in [-0.15, -0.1) is 0 Å². The van der Waals surface area contributed by atoms with Crippen LogP contribution in [-0.4, -0.2) is 49.1 Å². The predicted molar refractivity (Wildman–Crippen MR) is 80.8 cm³/mol. The number of hydrogen-bond donors (Lipinski definition) is 1. The predicted octanol–water partition coefficient (Wildman–Crippen LogP) is 1.97. The van der Waals surface area contributed by atoms with Gasteiger partial charge in [0.25, 0.3) is 5.91 Å². The summed E-state index contributed by atoms with van der Waals surface area (Å²) in [5.41, 5.74) is 0.367. The summed E-state index contributed by atoms with van der Waals surface area (Å²) >= 11 is 11.7. The molecule has 0 radical (unpaired) electrons. The second-order valence-electron chi connectivity index (χ2n) is 4.76. The summed E-state index contributed by atoms with van der Waals surface area (Å²) in [4.78, 5) is 26.0. The molecule has 1 saturated heterocycles. The van der Waals surface area contributed by atoms with Crippen molar-refractivity contribution in [3.63, 3.8) is 0 Å². The summed E-state index contributed by atoms with van der Waals surface area (Å²) in [7, 11) is 0. The van der Waals surface area contributed by atoms with E-state index in [9.17, 15) is 9.59 Å². The maximum atomic E-state index is 12.2. The van der Waals surface area contributed by atoms with E-state index in [0.29, 0.717) is 41.9 Å². The summed E-state index contributed by atoms with van der Waals surface area (Å²) in [5.74, 6) is -0.477. The fourth-order valence-electron chi connectivity index (χ4n) is 2.04. The zero-order valence-electron chi connectivity index (χ0n) is 11.6. The molecule has 2 rings (SSSR count). The van der Waals surface area contributed by atoms with Crippen molar-refractivity contribution in [2.45, 2.75) is 13.0 Å². The van der Waals surface area contributed by atoms with Gasteiger partial charge in [0.15, 0.2) is 0 Å². The fourth-order valence-corrected chi connectivity index (χ4v) is 2.33. The van der Waals surface area contributed by atoms with Crippen molar-refractivity contribution in [3.05, 3.63) is 33.8 Å². The lowest BCUT2D eigenvalue weighted by Gasteiger charge is -2.29. The standard InChI is InChI=1S/C14H16Cl2N2O3/c1-9(14(20)18-4-6-21-7-5-18)17-13(19)10-2-3-11(15)12(16)8-10/h2-3,8-9H,4-7H2,1H3,(H,17,19)/t9-/m1/s1. The van der Waals surface area contributed by atoms with Crippen LogP contribution in [0.2, 0.25) is 10.0 Å². The summed E-state index contributed by atoms with van der Waals surface area (Å²) in [6.45, 7) is 3.81. The summed E-state index contributed by atoms with van der Waals surface area (Å²) in [6, 6.07) is 3.98. The molecule has 0 aromatic heterocycles. The average Bonchev–Trinajstić information content (AvgIpc) is 2.50. The van der Waals surface area contributed by atoms with Crippen molar-refractivity contribution in [3.8, 4) is 0 Å². The number of hydrogen-bond acceptors (Lipinski definition) is 3. The SMILES string of the molecule is C[C@@H](NC(=O)c1ccc(Cl)c(Cl)c1)C(=O)N1CCOCC1. The largest absolute Gasteiger partial charge is 0.378 e. The molecule has 21 heavy (non-hydrogen) atoms. The molecular formula is C14H16Cl2N2O3. The van der Waals surface area contributed by atoms with E-state index in [1.54, 1.807) is 24.0 Å². The second-order valence-corrected chi connectivity index (χ2v) is 5.58. The molecule has 5 nitrogen and oxygen atoms in total. The van der Waals surface area contributed by atoms with Gasteiger partial charge in [-0.3, -0.25) is 9.59 Å². The van der Waals surface area contributed by atoms with Gasteiger partial charge in [0.05, 0.1) is 23.3 Å². The Balaban J connectivity index is 1.97. The topological polar surface area (TPSA) is 58.6 Å². The molecule has 1 aromatic rings. The molecule has 1 aliphatic heterocycles. The van der Waals surface area contributed by atoms with E-state index in [1.165, 1.54) is 6.07 Å². The van der Waals surface area contributed by atoms with Gasteiger partial charge < -0.3 is 15.0 Å². The van der Waals surface area contributed by atoms with Crippen molar-refractivity contribution < 1.29 is 14.3 Å². The Morgan fingerprint density at radius 2 is 1.90 bits per heavy atom. The third kappa shape index (κ3) is 4.09. The first-order valence-electron chi connectivity index (χ1n) is 6.61. The van der Waals surface area contributed by atoms with Crippen molar-refractivity contribution in [2.24, 2.45) is 0 Å². The van der Waals surface area contributed by atoms with E-state index < -0.39 is 6.04 Å². The zero-order valence-corrected chi connectivity index (χ0v) is 13.1. The number of benzene rings is 1. The molecule has 0 unspecified atom stereocenters. The van der Waals surface area contributed by atoms with Gasteiger partial charge in [-0.2, -0.15) is 0 Å². The van der Waals surface area contributed by atoms with Crippen molar-refractivity contribution in [1.82, 2.24) is 10.2 Å². The first kappa shape index (κ1) is 16.1. The smallest absolute Gasteiger partial charge is 0.251 e. The molecule has 1 fully saturated rings. The van der Waals surface area contributed by atoms with Crippen LogP contribution >= 0.6 is 23.2 Å². The molecule has 1 aromatic carbocycles. The fraction of sp³-hybridized carbons (Fsp3) is 0.429. The molecule has 1 atom stereocenters. The van der Waals surface area contributed by atoms with Gasteiger partial charge in [-0.1, -0.05) is 23.2 Å². The Labute approximate surface area is 133 Å². The van der Waals surface area contributed by atoms with Gasteiger partial charge in [0.1, 0.15) is 6.04 Å². The van der Waals surface area contributed by atoms with Crippen molar-refractivity contribution in [2.75, 3.05) is 26.3 Å². The maximum Gasteiger partial charge on any atom is 0.251 e. The summed E-state index contributed by atoms with van der Waals surface area (Å²) < 4.78 is 5.20. The van der Waals surface area contributed by atoms with Gasteiger partial charge in [0, 0.05) is 18.7 Å². The summed E-state index contributed by atoms with van der Waals surface area (Å²) in [5, 5.41) is 3.35. The molecule has 1 aliphatic rings. The molecule has 1 heterocycles. The highest BCUT2D eigenvalue weighted by atomic mass is 35.5. The Bertz CT molecular complexity index is 545. The van der Waals surface area contributed by atoms with E-state index >= 15 is 0 Å². The molecule has 0 saturated carbocycles. The Morgan fingerprint density at radius 3 is 2.52 bits per heavy atom. The van der Waals surface area contributed by atoms with Gasteiger partial charge >= 0.3 is 0 Å². The van der Waals surface area contributed by atoms with E-state index in [2.05, 4.69) is 5.32 Å². The number of carbonyl (C=O) groups is 2. The van der Waals surface area contributed by atoms with Gasteiger partial charge in [0.2, 0.25) is 5.91 Å². The third-order valence-electron chi connectivity index (χ3n) is 3.22. The highest BCUT2D eigenvalue weighted by Crippen LogP contribution is 2.22. The van der Waals surface area contributed by atoms with E-state index in [4.69, 9.17) is 27.9 Å². The number of amides is 2. The Morgan fingerprint density at radius 1 is 1.24 bits per heavy atom. The molecule has 7 heteroatoms. The van der Waals surface area contributed by atoms with E-state index in [0.717, 1.165) is 0 Å². The third-order valence-corrected chi connectivity index (χ3v) is 3.96. The van der Waals surface area contributed by atoms with Crippen LogP contribution in [0.25, 0.3) is 0 Å². The van der Waals surface area contributed by atoms with Crippen LogP contribution < -0.4 is 5.32 Å². The van der Waals surface area contributed by atoms with Gasteiger partial charge in [-0.05, 0) is 25.1 Å². The highest BCUT2D eigenvalue weighted by molar-refractivity contribution is 6.42. The molecule has 0 spiro atoms. The number of halogens is 2. The van der Waals surface area contributed by atoms with Crippen LogP contribution in [0.15, 0.2) is 18.2 Å². The molecule has 2 amide bonds. The lowest BCUT2D eigenvalue weighted by molar-refractivity contribution is -0.136. The quantitative estimate of drug-likeness (QED) is 0.921. The first-order valence-corrected chi connectivity index (χ1v) is 7.37. The van der Waals surface area contributed by atoms with E-state index in [-0.39, 0.29) is 11.8 Å². The van der Waals surface area contributed by atoms with Crippen LogP contribution in [0, 0.1) is 0 Å². The minimum Gasteiger partial charge on any atom is -0.378 e. The minimum absolute atomic E-state index is 0.119.